The van der Waals surface area contributed by atoms with Crippen molar-refractivity contribution in [2.24, 2.45) is 0 Å². The highest BCUT2D eigenvalue weighted by atomic mass is 16.3. The molecule has 1 aromatic carbocycles. The van der Waals surface area contributed by atoms with Crippen LogP contribution in [0.3, 0.4) is 0 Å². The van der Waals surface area contributed by atoms with Crippen LogP contribution in [-0.4, -0.2) is 38.5 Å². The van der Waals surface area contributed by atoms with Crippen LogP contribution in [0.2, 0.25) is 0 Å². The van der Waals surface area contributed by atoms with Gasteiger partial charge in [0.15, 0.2) is 0 Å². The molecule has 1 saturated heterocycles. The van der Waals surface area contributed by atoms with E-state index < -0.39 is 5.60 Å². The summed E-state index contributed by atoms with van der Waals surface area (Å²) in [6, 6.07) is 8.37. The fourth-order valence-corrected chi connectivity index (χ4v) is 2.89. The molecular formula is C15H21N3O. The highest BCUT2D eigenvalue weighted by Crippen LogP contribution is 2.27. The number of aryl methyl sites for hydroxylation is 1. The summed E-state index contributed by atoms with van der Waals surface area (Å²) in [5.41, 5.74) is 1.85. The fourth-order valence-electron chi connectivity index (χ4n) is 2.89. The van der Waals surface area contributed by atoms with Gasteiger partial charge in [-0.3, -0.25) is 9.58 Å². The largest absolute Gasteiger partial charge is 0.387 e. The molecule has 0 unspecified atom stereocenters. The predicted molar refractivity (Wildman–Crippen MR) is 75.9 cm³/mol. The summed E-state index contributed by atoms with van der Waals surface area (Å²) in [6.45, 7) is 7.39. The topological polar surface area (TPSA) is 41.3 Å². The average Bonchev–Trinajstić information content (AvgIpc) is 2.75. The minimum absolute atomic E-state index is 0.469. The van der Waals surface area contributed by atoms with Gasteiger partial charge < -0.3 is 5.11 Å². The standard InChI is InChI=1S/C15H21N3O/c1-3-15(19)10-17(11-15)9-13-12-7-5-6-8-14(12)18(4-2)16-13/h5-8,19H,3-4,9-11H2,1-2H3. The van der Waals surface area contributed by atoms with Crippen LogP contribution < -0.4 is 0 Å². The molecule has 0 spiro atoms. The maximum atomic E-state index is 10.1. The zero-order valence-corrected chi connectivity index (χ0v) is 11.6. The van der Waals surface area contributed by atoms with Crippen LogP contribution in [0.1, 0.15) is 26.0 Å². The second-order valence-electron chi connectivity index (χ2n) is 5.50. The van der Waals surface area contributed by atoms with E-state index in [1.165, 1.54) is 10.9 Å². The molecule has 19 heavy (non-hydrogen) atoms. The van der Waals surface area contributed by atoms with E-state index in [2.05, 4.69) is 40.8 Å². The Kier molecular flexibility index (Phi) is 3.07. The van der Waals surface area contributed by atoms with Gasteiger partial charge in [-0.2, -0.15) is 5.10 Å². The average molecular weight is 259 g/mol. The summed E-state index contributed by atoms with van der Waals surface area (Å²) in [5, 5.41) is 16.0. The maximum Gasteiger partial charge on any atom is 0.0897 e. The zero-order valence-electron chi connectivity index (χ0n) is 11.6. The first-order valence-corrected chi connectivity index (χ1v) is 7.04. The van der Waals surface area contributed by atoms with Gasteiger partial charge in [-0.15, -0.1) is 0 Å². The predicted octanol–water partition coefficient (Wildman–Crippen LogP) is 2.01. The molecule has 0 atom stereocenters. The molecule has 0 aliphatic carbocycles. The van der Waals surface area contributed by atoms with Gasteiger partial charge in [0.05, 0.1) is 16.8 Å². The van der Waals surface area contributed by atoms with Crippen molar-refractivity contribution in [2.45, 2.75) is 39.0 Å². The Balaban J connectivity index is 1.82. The van der Waals surface area contributed by atoms with Crippen molar-refractivity contribution in [3.05, 3.63) is 30.0 Å². The van der Waals surface area contributed by atoms with Crippen molar-refractivity contribution in [2.75, 3.05) is 13.1 Å². The third kappa shape index (κ3) is 2.15. The van der Waals surface area contributed by atoms with Crippen LogP contribution in [0.4, 0.5) is 0 Å². The lowest BCUT2D eigenvalue weighted by Gasteiger charge is -2.45. The molecule has 2 heterocycles. The van der Waals surface area contributed by atoms with E-state index in [0.717, 1.165) is 38.3 Å². The Labute approximate surface area is 113 Å². The molecule has 4 nitrogen and oxygen atoms in total. The lowest BCUT2D eigenvalue weighted by atomic mass is 9.91. The Hall–Kier alpha value is -1.39. The number of β-amino-alcohol motifs (C(OH)–C–C–N with tert-alkyl or cyclic N) is 1. The van der Waals surface area contributed by atoms with Crippen molar-refractivity contribution >= 4 is 10.9 Å². The highest BCUT2D eigenvalue weighted by Gasteiger charge is 2.39. The van der Waals surface area contributed by atoms with Gasteiger partial charge in [0.25, 0.3) is 0 Å². The van der Waals surface area contributed by atoms with Gasteiger partial charge in [0, 0.05) is 31.6 Å². The lowest BCUT2D eigenvalue weighted by molar-refractivity contribution is -0.103. The summed E-state index contributed by atoms with van der Waals surface area (Å²) < 4.78 is 2.05. The molecule has 0 amide bonds. The monoisotopic (exact) mass is 259 g/mol. The summed E-state index contributed by atoms with van der Waals surface area (Å²) in [4.78, 5) is 2.26. The van der Waals surface area contributed by atoms with Crippen molar-refractivity contribution in [1.29, 1.82) is 0 Å². The number of likely N-dealkylation sites (tertiary alicyclic amines) is 1. The summed E-state index contributed by atoms with van der Waals surface area (Å²) in [5.74, 6) is 0. The third-order valence-electron chi connectivity index (χ3n) is 4.10. The van der Waals surface area contributed by atoms with Crippen molar-refractivity contribution < 1.29 is 5.11 Å². The van der Waals surface area contributed by atoms with Gasteiger partial charge in [0.2, 0.25) is 0 Å². The summed E-state index contributed by atoms with van der Waals surface area (Å²) >= 11 is 0. The Bertz CT molecular complexity index is 584. The van der Waals surface area contributed by atoms with Crippen LogP contribution in [-0.2, 0) is 13.1 Å². The van der Waals surface area contributed by atoms with E-state index in [4.69, 9.17) is 5.10 Å². The number of fused-ring (bicyclic) bond motifs is 1. The molecule has 4 heteroatoms. The van der Waals surface area contributed by atoms with E-state index in [0.29, 0.717) is 0 Å². The second kappa shape index (κ2) is 4.62. The molecule has 1 aliphatic heterocycles. The Morgan fingerprint density at radius 2 is 2.00 bits per heavy atom. The normalized spacial score (nSPS) is 18.7. The van der Waals surface area contributed by atoms with Gasteiger partial charge >= 0.3 is 0 Å². The molecule has 1 aromatic heterocycles. The molecular weight excluding hydrogens is 238 g/mol. The second-order valence-corrected chi connectivity index (χ2v) is 5.50. The van der Waals surface area contributed by atoms with E-state index in [1.807, 2.05) is 6.92 Å². The fraction of sp³-hybridized carbons (Fsp3) is 0.533. The van der Waals surface area contributed by atoms with Crippen molar-refractivity contribution in [3.63, 3.8) is 0 Å². The first-order chi connectivity index (χ1) is 9.15. The van der Waals surface area contributed by atoms with E-state index >= 15 is 0 Å². The number of rotatable bonds is 4. The first kappa shape index (κ1) is 12.6. The van der Waals surface area contributed by atoms with Crippen LogP contribution >= 0.6 is 0 Å². The number of hydrogen-bond donors (Lipinski definition) is 1. The van der Waals surface area contributed by atoms with E-state index in [1.54, 1.807) is 0 Å². The first-order valence-electron chi connectivity index (χ1n) is 7.04. The van der Waals surface area contributed by atoms with Gasteiger partial charge in [-0.25, -0.2) is 0 Å². The Morgan fingerprint density at radius 3 is 2.68 bits per heavy atom. The maximum absolute atomic E-state index is 10.1. The molecule has 0 radical (unpaired) electrons. The van der Waals surface area contributed by atoms with E-state index in [-0.39, 0.29) is 0 Å². The number of para-hydroxylation sites is 1. The quantitative estimate of drug-likeness (QED) is 0.913. The van der Waals surface area contributed by atoms with Crippen molar-refractivity contribution in [1.82, 2.24) is 14.7 Å². The highest BCUT2D eigenvalue weighted by molar-refractivity contribution is 5.81. The molecule has 0 saturated carbocycles. The smallest absolute Gasteiger partial charge is 0.0897 e. The minimum atomic E-state index is -0.469. The summed E-state index contributed by atoms with van der Waals surface area (Å²) in [7, 11) is 0. The third-order valence-corrected chi connectivity index (χ3v) is 4.10. The van der Waals surface area contributed by atoms with Crippen LogP contribution in [0, 0.1) is 0 Å². The number of benzene rings is 1. The minimum Gasteiger partial charge on any atom is -0.387 e. The summed E-state index contributed by atoms with van der Waals surface area (Å²) in [6.07, 6.45) is 0.827. The molecule has 1 fully saturated rings. The molecule has 0 bridgehead atoms. The lowest BCUT2D eigenvalue weighted by Crippen LogP contribution is -2.60. The SMILES string of the molecule is CCn1nc(CN2CC(O)(CC)C2)c2ccccc21. The molecule has 1 N–H and O–H groups in total. The molecule has 3 rings (SSSR count). The molecule has 2 aromatic rings. The Morgan fingerprint density at radius 1 is 1.26 bits per heavy atom. The van der Waals surface area contributed by atoms with Crippen LogP contribution in [0.15, 0.2) is 24.3 Å². The van der Waals surface area contributed by atoms with Crippen LogP contribution in [0.25, 0.3) is 10.9 Å². The van der Waals surface area contributed by atoms with Crippen LogP contribution in [0.5, 0.6) is 0 Å². The number of aliphatic hydroxyl groups is 1. The van der Waals surface area contributed by atoms with Crippen molar-refractivity contribution in [3.8, 4) is 0 Å². The molecule has 102 valence electrons. The van der Waals surface area contributed by atoms with Gasteiger partial charge in [-0.05, 0) is 19.4 Å². The molecule has 1 aliphatic rings. The van der Waals surface area contributed by atoms with Gasteiger partial charge in [0.1, 0.15) is 0 Å². The zero-order chi connectivity index (χ0) is 13.5. The number of hydrogen-bond acceptors (Lipinski definition) is 3. The van der Waals surface area contributed by atoms with E-state index in [9.17, 15) is 5.11 Å². The van der Waals surface area contributed by atoms with Gasteiger partial charge in [-0.1, -0.05) is 25.1 Å². The number of nitrogens with zero attached hydrogens (tertiary/aromatic N) is 3. The number of aromatic nitrogens is 2.